The molecule has 0 bridgehead atoms. The van der Waals surface area contributed by atoms with Gasteiger partial charge in [-0.2, -0.15) is 0 Å². The number of hydrogen-bond donors (Lipinski definition) is 1. The minimum atomic E-state index is -0.580. The third-order valence-corrected chi connectivity index (χ3v) is 2.68. The van der Waals surface area contributed by atoms with E-state index >= 15 is 0 Å². The van der Waals surface area contributed by atoms with Gasteiger partial charge in [-0.25, -0.2) is 13.8 Å². The van der Waals surface area contributed by atoms with Crippen LogP contribution in [0.4, 0.5) is 8.78 Å². The fourth-order valence-electron chi connectivity index (χ4n) is 1.62. The van der Waals surface area contributed by atoms with Crippen LogP contribution in [0.25, 0.3) is 0 Å². The van der Waals surface area contributed by atoms with Crippen LogP contribution >= 0.6 is 0 Å². The molecule has 0 unspecified atom stereocenters. The Morgan fingerprint density at radius 2 is 1.95 bits per heavy atom. The van der Waals surface area contributed by atoms with Gasteiger partial charge < -0.3 is 10.1 Å². The van der Waals surface area contributed by atoms with Gasteiger partial charge in [-0.05, 0) is 18.2 Å². The SMILES string of the molecule is CC(C)NCc1ccnc(Oc2ccccc2F)c1F. The van der Waals surface area contributed by atoms with Crippen molar-refractivity contribution in [3.63, 3.8) is 0 Å². The number of halogens is 2. The van der Waals surface area contributed by atoms with Crippen molar-refractivity contribution in [3.8, 4) is 11.6 Å². The van der Waals surface area contributed by atoms with E-state index in [4.69, 9.17) is 4.74 Å². The molecule has 0 radical (unpaired) electrons. The first-order valence-electron chi connectivity index (χ1n) is 6.37. The minimum absolute atomic E-state index is 0.0483. The lowest BCUT2D eigenvalue weighted by Gasteiger charge is -2.11. The molecule has 20 heavy (non-hydrogen) atoms. The summed E-state index contributed by atoms with van der Waals surface area (Å²) in [6, 6.07) is 7.62. The maximum atomic E-state index is 14.2. The first kappa shape index (κ1) is 14.4. The van der Waals surface area contributed by atoms with Crippen molar-refractivity contribution in [3.05, 3.63) is 53.7 Å². The Bertz CT molecular complexity index is 588. The highest BCUT2D eigenvalue weighted by molar-refractivity contribution is 5.31. The first-order chi connectivity index (χ1) is 9.58. The van der Waals surface area contributed by atoms with E-state index < -0.39 is 11.6 Å². The van der Waals surface area contributed by atoms with E-state index in [1.54, 1.807) is 12.1 Å². The van der Waals surface area contributed by atoms with Crippen LogP contribution in [0.2, 0.25) is 0 Å². The van der Waals surface area contributed by atoms with E-state index in [1.807, 2.05) is 13.8 Å². The van der Waals surface area contributed by atoms with Gasteiger partial charge in [-0.1, -0.05) is 26.0 Å². The first-order valence-corrected chi connectivity index (χ1v) is 6.37. The minimum Gasteiger partial charge on any atom is -0.433 e. The van der Waals surface area contributed by atoms with Crippen molar-refractivity contribution in [2.24, 2.45) is 0 Å². The molecular weight excluding hydrogens is 262 g/mol. The molecular formula is C15H16F2N2O. The molecule has 0 amide bonds. The van der Waals surface area contributed by atoms with Crippen molar-refractivity contribution in [2.45, 2.75) is 26.4 Å². The van der Waals surface area contributed by atoms with Crippen molar-refractivity contribution in [1.29, 1.82) is 0 Å². The van der Waals surface area contributed by atoms with Crippen LogP contribution in [0.1, 0.15) is 19.4 Å². The summed E-state index contributed by atoms with van der Waals surface area (Å²) in [5.74, 6) is -1.41. The number of hydrogen-bond acceptors (Lipinski definition) is 3. The molecule has 0 saturated carbocycles. The quantitative estimate of drug-likeness (QED) is 0.906. The molecule has 0 aliphatic rings. The monoisotopic (exact) mass is 278 g/mol. The highest BCUT2D eigenvalue weighted by Gasteiger charge is 2.13. The van der Waals surface area contributed by atoms with E-state index in [9.17, 15) is 8.78 Å². The van der Waals surface area contributed by atoms with Crippen LogP contribution in [0.5, 0.6) is 11.6 Å². The summed E-state index contributed by atoms with van der Waals surface area (Å²) < 4.78 is 32.9. The summed E-state index contributed by atoms with van der Waals surface area (Å²) in [5.41, 5.74) is 0.431. The Kier molecular flexibility index (Phi) is 4.63. The number of pyridine rings is 1. The van der Waals surface area contributed by atoms with E-state index in [0.717, 1.165) is 0 Å². The maximum Gasteiger partial charge on any atom is 0.256 e. The molecule has 1 N–H and O–H groups in total. The van der Waals surface area contributed by atoms with Crippen LogP contribution in [0.3, 0.4) is 0 Å². The summed E-state index contributed by atoms with van der Waals surface area (Å²) in [4.78, 5) is 3.81. The maximum absolute atomic E-state index is 14.2. The van der Waals surface area contributed by atoms with Crippen LogP contribution < -0.4 is 10.1 Å². The molecule has 1 aromatic heterocycles. The summed E-state index contributed by atoms with van der Waals surface area (Å²) >= 11 is 0. The Morgan fingerprint density at radius 3 is 2.65 bits per heavy atom. The molecule has 1 heterocycles. The molecule has 2 aromatic rings. The van der Waals surface area contributed by atoms with Gasteiger partial charge in [0.1, 0.15) is 0 Å². The number of nitrogens with one attached hydrogen (secondary N) is 1. The van der Waals surface area contributed by atoms with E-state index in [1.165, 1.54) is 24.4 Å². The Morgan fingerprint density at radius 1 is 1.20 bits per heavy atom. The Hall–Kier alpha value is -2.01. The largest absolute Gasteiger partial charge is 0.433 e. The molecule has 0 fully saturated rings. The van der Waals surface area contributed by atoms with Crippen molar-refractivity contribution in [2.75, 3.05) is 0 Å². The van der Waals surface area contributed by atoms with Crippen molar-refractivity contribution >= 4 is 0 Å². The summed E-state index contributed by atoms with van der Waals surface area (Å²) in [7, 11) is 0. The second kappa shape index (κ2) is 6.43. The summed E-state index contributed by atoms with van der Waals surface area (Å²) in [5, 5.41) is 3.11. The molecule has 2 rings (SSSR count). The Balaban J connectivity index is 2.20. The van der Waals surface area contributed by atoms with Gasteiger partial charge in [-0.3, -0.25) is 0 Å². The second-order valence-corrected chi connectivity index (χ2v) is 4.66. The average Bonchev–Trinajstić information content (AvgIpc) is 2.42. The van der Waals surface area contributed by atoms with Gasteiger partial charge in [0.15, 0.2) is 17.4 Å². The lowest BCUT2D eigenvalue weighted by atomic mass is 10.2. The molecule has 106 valence electrons. The lowest BCUT2D eigenvalue weighted by Crippen LogP contribution is -2.22. The molecule has 3 nitrogen and oxygen atoms in total. The average molecular weight is 278 g/mol. The fraction of sp³-hybridized carbons (Fsp3) is 0.267. The van der Waals surface area contributed by atoms with Crippen molar-refractivity contribution in [1.82, 2.24) is 10.3 Å². The van der Waals surface area contributed by atoms with Crippen LogP contribution in [0.15, 0.2) is 36.5 Å². The standard InChI is InChI=1S/C15H16F2N2O/c1-10(2)19-9-11-7-8-18-15(14(11)17)20-13-6-4-3-5-12(13)16/h3-8,10,19H,9H2,1-2H3. The molecule has 5 heteroatoms. The van der Waals surface area contributed by atoms with E-state index in [-0.39, 0.29) is 17.7 Å². The molecule has 1 aromatic carbocycles. The predicted molar refractivity (Wildman–Crippen MR) is 72.6 cm³/mol. The molecule has 0 spiro atoms. The molecule has 0 aliphatic heterocycles. The number of nitrogens with zero attached hydrogens (tertiary/aromatic N) is 1. The van der Waals surface area contributed by atoms with Crippen molar-refractivity contribution < 1.29 is 13.5 Å². The normalized spacial score (nSPS) is 10.8. The fourth-order valence-corrected chi connectivity index (χ4v) is 1.62. The zero-order valence-electron chi connectivity index (χ0n) is 11.4. The number of para-hydroxylation sites is 1. The Labute approximate surface area is 116 Å². The van der Waals surface area contributed by atoms with Gasteiger partial charge in [0.2, 0.25) is 0 Å². The number of ether oxygens (including phenoxy) is 1. The molecule has 0 aliphatic carbocycles. The highest BCUT2D eigenvalue weighted by Crippen LogP contribution is 2.26. The van der Waals surface area contributed by atoms with E-state index in [0.29, 0.717) is 12.1 Å². The molecule has 0 atom stereocenters. The molecule has 0 saturated heterocycles. The van der Waals surface area contributed by atoms with Crippen LogP contribution in [-0.2, 0) is 6.54 Å². The second-order valence-electron chi connectivity index (χ2n) is 4.66. The zero-order chi connectivity index (χ0) is 14.5. The van der Waals surface area contributed by atoms with Gasteiger partial charge >= 0.3 is 0 Å². The smallest absolute Gasteiger partial charge is 0.256 e. The predicted octanol–water partition coefficient (Wildman–Crippen LogP) is 3.65. The van der Waals surface area contributed by atoms with Gasteiger partial charge in [0, 0.05) is 24.3 Å². The van der Waals surface area contributed by atoms with Gasteiger partial charge in [0.05, 0.1) is 0 Å². The van der Waals surface area contributed by atoms with Crippen LogP contribution in [0, 0.1) is 11.6 Å². The zero-order valence-corrected chi connectivity index (χ0v) is 11.4. The highest BCUT2D eigenvalue weighted by atomic mass is 19.1. The third kappa shape index (κ3) is 3.51. The van der Waals surface area contributed by atoms with Crippen LogP contribution in [-0.4, -0.2) is 11.0 Å². The van der Waals surface area contributed by atoms with Gasteiger partial charge in [-0.15, -0.1) is 0 Å². The summed E-state index contributed by atoms with van der Waals surface area (Å²) in [6.45, 7) is 4.30. The summed E-state index contributed by atoms with van der Waals surface area (Å²) in [6.07, 6.45) is 1.44. The topological polar surface area (TPSA) is 34.2 Å². The number of benzene rings is 1. The third-order valence-electron chi connectivity index (χ3n) is 2.68. The number of aromatic nitrogens is 1. The number of rotatable bonds is 5. The van der Waals surface area contributed by atoms with E-state index in [2.05, 4.69) is 10.3 Å². The van der Waals surface area contributed by atoms with Gasteiger partial charge in [0.25, 0.3) is 5.88 Å². The lowest BCUT2D eigenvalue weighted by molar-refractivity contribution is 0.394.